The number of halogens is 5. The Balaban J connectivity index is 1.76. The number of H-pyrrole nitrogens is 1. The predicted octanol–water partition coefficient (Wildman–Crippen LogP) is 6.14. The first-order valence-electron chi connectivity index (χ1n) is 9.53. The number of aromatic nitrogens is 3. The molecule has 0 aliphatic carbocycles. The minimum Gasteiger partial charge on any atom is -0.356 e. The molecular formula is C22H15Cl2F3N4. The van der Waals surface area contributed by atoms with Crippen molar-refractivity contribution in [3.05, 3.63) is 86.5 Å². The number of anilines is 1. The Morgan fingerprint density at radius 3 is 2.55 bits per heavy atom. The first-order chi connectivity index (χ1) is 14.8. The highest BCUT2D eigenvalue weighted by molar-refractivity contribution is 6.31. The number of aryl methyl sites for hydroxylation is 1. The summed E-state index contributed by atoms with van der Waals surface area (Å²) in [4.78, 5) is 13.5. The molecule has 158 valence electrons. The van der Waals surface area contributed by atoms with Crippen molar-refractivity contribution in [3.8, 4) is 0 Å². The van der Waals surface area contributed by atoms with Crippen LogP contribution in [0, 0.1) is 24.4 Å². The van der Waals surface area contributed by atoms with Crippen molar-refractivity contribution in [2.24, 2.45) is 0 Å². The largest absolute Gasteiger partial charge is 0.356 e. The number of hydrogen-bond acceptors (Lipinski definition) is 3. The van der Waals surface area contributed by atoms with E-state index in [-0.39, 0.29) is 16.1 Å². The third kappa shape index (κ3) is 3.23. The maximum Gasteiger partial charge on any atom is 0.226 e. The van der Waals surface area contributed by atoms with Gasteiger partial charge in [-0.15, -0.1) is 0 Å². The van der Waals surface area contributed by atoms with E-state index in [0.29, 0.717) is 35.1 Å². The number of nitrogens with one attached hydrogen (secondary N) is 1. The number of nitrogens with zero attached hydrogens (tertiary/aromatic N) is 3. The van der Waals surface area contributed by atoms with Gasteiger partial charge in [0.2, 0.25) is 5.95 Å². The van der Waals surface area contributed by atoms with E-state index in [9.17, 15) is 8.78 Å². The average molecular weight is 463 g/mol. The molecule has 4 nitrogen and oxygen atoms in total. The highest BCUT2D eigenvalue weighted by Crippen LogP contribution is 2.42. The zero-order valence-electron chi connectivity index (χ0n) is 16.2. The van der Waals surface area contributed by atoms with Gasteiger partial charge in [-0.25, -0.2) is 23.1 Å². The van der Waals surface area contributed by atoms with Gasteiger partial charge in [0.15, 0.2) is 11.6 Å². The molecule has 0 fully saturated rings. The Kier molecular flexibility index (Phi) is 4.83. The van der Waals surface area contributed by atoms with Gasteiger partial charge in [0.05, 0.1) is 22.4 Å². The Hall–Kier alpha value is -2.77. The predicted molar refractivity (Wildman–Crippen MR) is 114 cm³/mol. The summed E-state index contributed by atoms with van der Waals surface area (Å²) in [6, 6.07) is 5.19. The van der Waals surface area contributed by atoms with Crippen LogP contribution in [0.3, 0.4) is 0 Å². The van der Waals surface area contributed by atoms with E-state index >= 15 is 4.39 Å². The van der Waals surface area contributed by atoms with Crippen LogP contribution in [-0.4, -0.2) is 21.5 Å². The third-order valence-electron chi connectivity index (χ3n) is 5.63. The van der Waals surface area contributed by atoms with Crippen LogP contribution in [0.4, 0.5) is 19.1 Å². The number of aromatic amines is 1. The quantitative estimate of drug-likeness (QED) is 0.388. The van der Waals surface area contributed by atoms with Gasteiger partial charge in [-0.05, 0) is 36.6 Å². The smallest absolute Gasteiger partial charge is 0.226 e. The molecule has 3 heterocycles. The summed E-state index contributed by atoms with van der Waals surface area (Å²) < 4.78 is 43.7. The van der Waals surface area contributed by atoms with Gasteiger partial charge in [0, 0.05) is 28.7 Å². The van der Waals surface area contributed by atoms with Crippen molar-refractivity contribution < 1.29 is 13.2 Å². The molecule has 0 saturated heterocycles. The Labute approximate surface area is 185 Å². The molecule has 2 aromatic carbocycles. The summed E-state index contributed by atoms with van der Waals surface area (Å²) in [6.45, 7) is 1.93. The summed E-state index contributed by atoms with van der Waals surface area (Å²) in [6.07, 6.45) is 3.45. The SMILES string of the molecule is Cc1ccc(C2c3[nH]c4cc(F)c(Cl)cc4c3CCN2c2ncc(Cl)cn2)c(F)c1F. The van der Waals surface area contributed by atoms with Crippen molar-refractivity contribution in [2.75, 3.05) is 11.4 Å². The van der Waals surface area contributed by atoms with Crippen molar-refractivity contribution >= 4 is 40.1 Å². The minimum absolute atomic E-state index is 0.00174. The molecule has 0 saturated carbocycles. The van der Waals surface area contributed by atoms with Gasteiger partial charge < -0.3 is 9.88 Å². The lowest BCUT2D eigenvalue weighted by atomic mass is 9.91. The normalized spacial score (nSPS) is 16.1. The lowest BCUT2D eigenvalue weighted by molar-refractivity contribution is 0.481. The second kappa shape index (κ2) is 7.43. The van der Waals surface area contributed by atoms with Crippen molar-refractivity contribution in [1.82, 2.24) is 15.0 Å². The van der Waals surface area contributed by atoms with Gasteiger partial charge in [0.25, 0.3) is 0 Å². The van der Waals surface area contributed by atoms with Crippen LogP contribution in [0.15, 0.2) is 36.7 Å². The highest BCUT2D eigenvalue weighted by Gasteiger charge is 2.36. The van der Waals surface area contributed by atoms with Gasteiger partial charge in [-0.1, -0.05) is 35.3 Å². The molecule has 0 spiro atoms. The highest BCUT2D eigenvalue weighted by atomic mass is 35.5. The molecular weight excluding hydrogens is 448 g/mol. The van der Waals surface area contributed by atoms with Crippen molar-refractivity contribution in [1.29, 1.82) is 0 Å². The number of benzene rings is 2. The molecule has 1 N–H and O–H groups in total. The van der Waals surface area contributed by atoms with Gasteiger partial charge in [-0.3, -0.25) is 0 Å². The minimum atomic E-state index is -0.945. The molecule has 0 amide bonds. The third-order valence-corrected chi connectivity index (χ3v) is 6.12. The van der Waals surface area contributed by atoms with Crippen molar-refractivity contribution in [3.63, 3.8) is 0 Å². The fourth-order valence-corrected chi connectivity index (χ4v) is 4.41. The van der Waals surface area contributed by atoms with E-state index in [1.165, 1.54) is 31.5 Å². The van der Waals surface area contributed by atoms with Crippen LogP contribution < -0.4 is 4.90 Å². The molecule has 0 bridgehead atoms. The summed E-state index contributed by atoms with van der Waals surface area (Å²) >= 11 is 11.9. The second-order valence-electron chi connectivity index (χ2n) is 7.48. The fraction of sp³-hybridized carbons (Fsp3) is 0.182. The first kappa shape index (κ1) is 20.2. The van der Waals surface area contributed by atoms with E-state index in [0.717, 1.165) is 10.9 Å². The van der Waals surface area contributed by atoms with Crippen LogP contribution in [-0.2, 0) is 6.42 Å². The first-order valence-corrected chi connectivity index (χ1v) is 10.3. The van der Waals surface area contributed by atoms with Crippen LogP contribution in [0.25, 0.3) is 10.9 Å². The van der Waals surface area contributed by atoms with Crippen LogP contribution >= 0.6 is 23.2 Å². The maximum atomic E-state index is 15.1. The Bertz CT molecular complexity index is 1320. The summed E-state index contributed by atoms with van der Waals surface area (Å²) in [5.74, 6) is -2.09. The molecule has 1 atom stereocenters. The van der Waals surface area contributed by atoms with Crippen LogP contribution in [0.5, 0.6) is 0 Å². The number of hydrogen-bond donors (Lipinski definition) is 1. The molecule has 5 rings (SSSR count). The molecule has 4 aromatic rings. The number of rotatable bonds is 2. The molecule has 9 heteroatoms. The van der Waals surface area contributed by atoms with Gasteiger partial charge >= 0.3 is 0 Å². The number of fused-ring (bicyclic) bond motifs is 3. The monoisotopic (exact) mass is 462 g/mol. The summed E-state index contributed by atoms with van der Waals surface area (Å²) in [7, 11) is 0. The lowest BCUT2D eigenvalue weighted by Gasteiger charge is -2.36. The Morgan fingerprint density at radius 2 is 1.81 bits per heavy atom. The average Bonchev–Trinajstić information content (AvgIpc) is 3.10. The molecule has 0 radical (unpaired) electrons. The van der Waals surface area contributed by atoms with Crippen LogP contribution in [0.2, 0.25) is 10.0 Å². The van der Waals surface area contributed by atoms with E-state index < -0.39 is 23.5 Å². The zero-order valence-corrected chi connectivity index (χ0v) is 17.7. The zero-order chi connectivity index (χ0) is 21.9. The van der Waals surface area contributed by atoms with Crippen molar-refractivity contribution in [2.45, 2.75) is 19.4 Å². The van der Waals surface area contributed by atoms with E-state index in [2.05, 4.69) is 15.0 Å². The van der Waals surface area contributed by atoms with E-state index in [1.807, 2.05) is 0 Å². The molecule has 1 unspecified atom stereocenters. The second-order valence-corrected chi connectivity index (χ2v) is 8.32. The molecule has 1 aliphatic heterocycles. The van der Waals surface area contributed by atoms with Gasteiger partial charge in [0.1, 0.15) is 11.9 Å². The molecule has 31 heavy (non-hydrogen) atoms. The summed E-state index contributed by atoms with van der Waals surface area (Å²) in [5, 5.41) is 1.11. The Morgan fingerprint density at radius 1 is 1.06 bits per heavy atom. The summed E-state index contributed by atoms with van der Waals surface area (Å²) in [5.41, 5.74) is 2.35. The van der Waals surface area contributed by atoms with E-state index in [4.69, 9.17) is 23.2 Å². The fourth-order valence-electron chi connectivity index (χ4n) is 4.15. The molecule has 2 aromatic heterocycles. The van der Waals surface area contributed by atoms with Gasteiger partial charge in [-0.2, -0.15) is 0 Å². The van der Waals surface area contributed by atoms with Crippen LogP contribution in [0.1, 0.15) is 28.4 Å². The standard InChI is InChI=1S/C22H15Cl2F3N4/c1-10-2-3-13(19(27)18(10)26)21-20-12(14-6-15(24)16(25)7-17(14)30-20)4-5-31(21)22-28-8-11(23)9-29-22/h2-3,6-9,21,30H,4-5H2,1H3. The van der Waals surface area contributed by atoms with E-state index in [1.54, 1.807) is 17.0 Å². The maximum absolute atomic E-state index is 15.1. The molecule has 1 aliphatic rings. The lowest BCUT2D eigenvalue weighted by Crippen LogP contribution is -2.38. The topological polar surface area (TPSA) is 44.8 Å².